The van der Waals surface area contributed by atoms with E-state index in [0.29, 0.717) is 18.0 Å². The van der Waals surface area contributed by atoms with Gasteiger partial charge in [-0.15, -0.1) is 0 Å². The van der Waals surface area contributed by atoms with E-state index in [0.717, 1.165) is 38.5 Å². The van der Waals surface area contributed by atoms with Crippen LogP contribution in [0.1, 0.15) is 58.3 Å². The van der Waals surface area contributed by atoms with E-state index in [2.05, 4.69) is 22.0 Å². The maximum absolute atomic E-state index is 12.8. The molecule has 1 heterocycles. The highest BCUT2D eigenvalue weighted by atomic mass is 16.2. The summed E-state index contributed by atoms with van der Waals surface area (Å²) in [4.78, 5) is 17.6. The van der Waals surface area contributed by atoms with Crippen LogP contribution in [0.2, 0.25) is 0 Å². The highest BCUT2D eigenvalue weighted by Gasteiger charge is 2.60. The standard InChI is InChI=1S/C17H29N3O/c1-2-19(14-7-8-14)11-12-20-15(13-5-3-4-6-13)18-17(9-10-17)16(20)21/h13-15,18H,2-12H2,1H3. The summed E-state index contributed by atoms with van der Waals surface area (Å²) in [6.07, 6.45) is 10.5. The predicted octanol–water partition coefficient (Wildman–Crippen LogP) is 1.95. The molecule has 118 valence electrons. The monoisotopic (exact) mass is 291 g/mol. The van der Waals surface area contributed by atoms with Crippen LogP contribution in [0, 0.1) is 5.92 Å². The molecule has 0 bridgehead atoms. The third-order valence-electron chi connectivity index (χ3n) is 6.12. The first-order chi connectivity index (χ1) is 10.2. The summed E-state index contributed by atoms with van der Waals surface area (Å²) < 4.78 is 0. The fourth-order valence-electron chi connectivity index (χ4n) is 4.47. The zero-order valence-corrected chi connectivity index (χ0v) is 13.3. The molecule has 0 radical (unpaired) electrons. The second-order valence-corrected chi connectivity index (χ2v) is 7.57. The second-order valence-electron chi connectivity index (χ2n) is 7.57. The van der Waals surface area contributed by atoms with Gasteiger partial charge in [0, 0.05) is 19.1 Å². The molecule has 3 saturated carbocycles. The number of hydrogen-bond donors (Lipinski definition) is 1. The molecule has 0 aromatic carbocycles. The number of carbonyl (C=O) groups excluding carboxylic acids is 1. The second kappa shape index (κ2) is 5.24. The SMILES string of the molecule is CCN(CCN1C(=O)C2(CC2)NC1C1CCCC1)C1CC1. The lowest BCUT2D eigenvalue weighted by molar-refractivity contribution is -0.131. The van der Waals surface area contributed by atoms with Gasteiger partial charge in [-0.25, -0.2) is 0 Å². The quantitative estimate of drug-likeness (QED) is 0.812. The average molecular weight is 291 g/mol. The molecule has 4 heteroatoms. The van der Waals surface area contributed by atoms with Gasteiger partial charge >= 0.3 is 0 Å². The number of nitrogens with zero attached hydrogens (tertiary/aromatic N) is 2. The van der Waals surface area contributed by atoms with Crippen molar-refractivity contribution in [1.29, 1.82) is 0 Å². The Labute approximate surface area is 128 Å². The third kappa shape index (κ3) is 2.50. The van der Waals surface area contributed by atoms with Crippen molar-refractivity contribution in [3.8, 4) is 0 Å². The zero-order valence-electron chi connectivity index (χ0n) is 13.3. The maximum atomic E-state index is 12.8. The summed E-state index contributed by atoms with van der Waals surface area (Å²) in [5.74, 6) is 1.11. The van der Waals surface area contributed by atoms with Crippen LogP contribution in [-0.4, -0.2) is 53.1 Å². The Hall–Kier alpha value is -0.610. The van der Waals surface area contributed by atoms with Crippen molar-refractivity contribution >= 4 is 5.91 Å². The predicted molar refractivity (Wildman–Crippen MR) is 82.8 cm³/mol. The van der Waals surface area contributed by atoms with Crippen molar-refractivity contribution in [1.82, 2.24) is 15.1 Å². The van der Waals surface area contributed by atoms with Crippen LogP contribution in [-0.2, 0) is 4.79 Å². The molecule has 4 rings (SSSR count). The highest BCUT2D eigenvalue weighted by molar-refractivity contribution is 5.91. The largest absolute Gasteiger partial charge is 0.324 e. The molecule has 0 aromatic heterocycles. The van der Waals surface area contributed by atoms with Crippen molar-refractivity contribution in [3.05, 3.63) is 0 Å². The first-order valence-corrected chi connectivity index (χ1v) is 9.06. The van der Waals surface area contributed by atoms with E-state index in [1.54, 1.807) is 0 Å². The van der Waals surface area contributed by atoms with Crippen LogP contribution in [0.5, 0.6) is 0 Å². The Morgan fingerprint density at radius 1 is 1.24 bits per heavy atom. The van der Waals surface area contributed by atoms with Gasteiger partial charge in [0.2, 0.25) is 5.91 Å². The summed E-state index contributed by atoms with van der Waals surface area (Å²) in [7, 11) is 0. The lowest BCUT2D eigenvalue weighted by atomic mass is 10.0. The average Bonchev–Trinajstić information content (AvgIpc) is 3.39. The van der Waals surface area contributed by atoms with E-state index in [4.69, 9.17) is 0 Å². The van der Waals surface area contributed by atoms with Crippen molar-refractivity contribution in [3.63, 3.8) is 0 Å². The molecule has 1 saturated heterocycles. The van der Waals surface area contributed by atoms with E-state index in [9.17, 15) is 4.79 Å². The van der Waals surface area contributed by atoms with Gasteiger partial charge in [0.15, 0.2) is 0 Å². The minimum Gasteiger partial charge on any atom is -0.324 e. The Kier molecular flexibility index (Phi) is 3.49. The fourth-order valence-corrected chi connectivity index (χ4v) is 4.47. The number of amides is 1. The molecule has 1 amide bonds. The highest BCUT2D eigenvalue weighted by Crippen LogP contribution is 2.45. The molecule has 1 unspecified atom stereocenters. The summed E-state index contributed by atoms with van der Waals surface area (Å²) in [6, 6.07) is 0.806. The van der Waals surface area contributed by atoms with Gasteiger partial charge in [0.25, 0.3) is 0 Å². The van der Waals surface area contributed by atoms with Gasteiger partial charge in [-0.2, -0.15) is 0 Å². The van der Waals surface area contributed by atoms with Gasteiger partial charge in [-0.1, -0.05) is 19.8 Å². The van der Waals surface area contributed by atoms with Crippen molar-refractivity contribution in [2.45, 2.75) is 76.0 Å². The summed E-state index contributed by atoms with van der Waals surface area (Å²) in [5, 5.41) is 3.73. The molecular formula is C17H29N3O. The molecule has 1 aliphatic heterocycles. The Balaban J connectivity index is 1.43. The van der Waals surface area contributed by atoms with Gasteiger partial charge in [-0.3, -0.25) is 15.0 Å². The van der Waals surface area contributed by atoms with Crippen molar-refractivity contribution in [2.75, 3.05) is 19.6 Å². The normalized spacial score (nSPS) is 31.8. The first kappa shape index (κ1) is 14.0. The molecule has 0 aromatic rings. The minimum atomic E-state index is -0.135. The summed E-state index contributed by atoms with van der Waals surface area (Å²) in [5.41, 5.74) is -0.135. The van der Waals surface area contributed by atoms with E-state index < -0.39 is 0 Å². The fraction of sp³-hybridized carbons (Fsp3) is 0.941. The lowest BCUT2D eigenvalue weighted by Gasteiger charge is -2.31. The minimum absolute atomic E-state index is 0.135. The van der Waals surface area contributed by atoms with Gasteiger partial charge in [0.1, 0.15) is 0 Å². The van der Waals surface area contributed by atoms with Crippen LogP contribution in [0.25, 0.3) is 0 Å². The molecule has 4 nitrogen and oxygen atoms in total. The van der Waals surface area contributed by atoms with Crippen molar-refractivity contribution in [2.24, 2.45) is 5.92 Å². The molecule has 4 aliphatic rings. The van der Waals surface area contributed by atoms with E-state index >= 15 is 0 Å². The van der Waals surface area contributed by atoms with Crippen molar-refractivity contribution < 1.29 is 4.79 Å². The smallest absolute Gasteiger partial charge is 0.244 e. The van der Waals surface area contributed by atoms with Crippen LogP contribution >= 0.6 is 0 Å². The van der Waals surface area contributed by atoms with Gasteiger partial charge in [0.05, 0.1) is 11.7 Å². The summed E-state index contributed by atoms with van der Waals surface area (Å²) in [6.45, 7) is 5.37. The Bertz CT molecular complexity index is 410. The molecule has 1 spiro atoms. The molecule has 21 heavy (non-hydrogen) atoms. The summed E-state index contributed by atoms with van der Waals surface area (Å²) >= 11 is 0. The van der Waals surface area contributed by atoms with Gasteiger partial charge in [-0.05, 0) is 51.0 Å². The number of nitrogens with one attached hydrogen (secondary N) is 1. The number of rotatable bonds is 6. The molecular weight excluding hydrogens is 262 g/mol. The number of hydrogen-bond acceptors (Lipinski definition) is 3. The molecule has 4 fully saturated rings. The molecule has 1 atom stereocenters. The number of carbonyl (C=O) groups is 1. The van der Waals surface area contributed by atoms with Crippen LogP contribution in [0.3, 0.4) is 0 Å². The topological polar surface area (TPSA) is 35.6 Å². The van der Waals surface area contributed by atoms with Crippen LogP contribution < -0.4 is 5.32 Å². The zero-order chi connectivity index (χ0) is 14.4. The van der Waals surface area contributed by atoms with E-state index in [1.807, 2.05) is 0 Å². The van der Waals surface area contributed by atoms with Crippen LogP contribution in [0.4, 0.5) is 0 Å². The Morgan fingerprint density at radius 2 is 1.95 bits per heavy atom. The Morgan fingerprint density at radius 3 is 2.52 bits per heavy atom. The first-order valence-electron chi connectivity index (χ1n) is 9.06. The third-order valence-corrected chi connectivity index (χ3v) is 6.12. The van der Waals surface area contributed by atoms with E-state index in [1.165, 1.54) is 38.5 Å². The number of likely N-dealkylation sites (N-methyl/N-ethyl adjacent to an activating group) is 1. The van der Waals surface area contributed by atoms with E-state index in [-0.39, 0.29) is 5.54 Å². The molecule has 1 N–H and O–H groups in total. The van der Waals surface area contributed by atoms with Gasteiger partial charge < -0.3 is 4.90 Å². The maximum Gasteiger partial charge on any atom is 0.244 e. The molecule has 3 aliphatic carbocycles. The lowest BCUT2D eigenvalue weighted by Crippen LogP contribution is -2.46. The van der Waals surface area contributed by atoms with Crippen LogP contribution in [0.15, 0.2) is 0 Å².